The monoisotopic (exact) mass is 286 g/mol. The van der Waals surface area contributed by atoms with Crippen LogP contribution in [0.2, 0.25) is 0 Å². The molecule has 1 atom stereocenters. The normalized spacial score (nSPS) is 23.1. The molecular formula is C19H30N2. The molecule has 0 radical (unpaired) electrons. The lowest BCUT2D eigenvalue weighted by molar-refractivity contribution is 0.183. The Morgan fingerprint density at radius 2 is 1.71 bits per heavy atom. The van der Waals surface area contributed by atoms with Crippen molar-refractivity contribution in [3.05, 3.63) is 35.4 Å². The first-order chi connectivity index (χ1) is 10.3. The number of nitrogens with zero attached hydrogens (tertiary/aromatic N) is 1. The lowest BCUT2D eigenvalue weighted by atomic mass is 9.84. The average molecular weight is 286 g/mol. The molecule has 1 aliphatic heterocycles. The number of piperazine rings is 1. The van der Waals surface area contributed by atoms with E-state index in [0.717, 1.165) is 19.0 Å². The smallest absolute Gasteiger partial charge is 0.0110 e. The summed E-state index contributed by atoms with van der Waals surface area (Å²) in [5.74, 6) is 0.832. The van der Waals surface area contributed by atoms with Crippen LogP contribution in [0.1, 0.15) is 56.1 Å². The largest absolute Gasteiger partial charge is 0.314 e. The molecule has 0 spiro atoms. The molecule has 1 aromatic rings. The Hall–Kier alpha value is -0.860. The second-order valence-electron chi connectivity index (χ2n) is 6.92. The summed E-state index contributed by atoms with van der Waals surface area (Å²) in [7, 11) is 0. The van der Waals surface area contributed by atoms with E-state index in [1.54, 1.807) is 5.56 Å². The van der Waals surface area contributed by atoms with E-state index < -0.39 is 0 Å². The Kier molecular flexibility index (Phi) is 5.32. The van der Waals surface area contributed by atoms with Crippen molar-refractivity contribution in [2.45, 2.75) is 57.4 Å². The standard InChI is InChI=1S/C19H30N2/c1-16(21-13-11-20-12-14-21)15-17-7-9-19(10-8-17)18-5-3-2-4-6-18/h7-10,16,18,20H,2-6,11-15H2,1H3. The lowest BCUT2D eigenvalue weighted by Gasteiger charge is -2.33. The first-order valence-electron chi connectivity index (χ1n) is 8.86. The number of hydrogen-bond donors (Lipinski definition) is 1. The Morgan fingerprint density at radius 3 is 2.38 bits per heavy atom. The first kappa shape index (κ1) is 15.1. The molecule has 1 aliphatic carbocycles. The molecule has 2 aliphatic rings. The van der Waals surface area contributed by atoms with Crippen LogP contribution in [0.4, 0.5) is 0 Å². The zero-order valence-corrected chi connectivity index (χ0v) is 13.5. The summed E-state index contributed by atoms with van der Waals surface area (Å²) in [4.78, 5) is 2.62. The van der Waals surface area contributed by atoms with Gasteiger partial charge in [-0.05, 0) is 43.2 Å². The van der Waals surface area contributed by atoms with Gasteiger partial charge in [0, 0.05) is 32.2 Å². The van der Waals surface area contributed by atoms with E-state index in [1.165, 1.54) is 57.2 Å². The maximum absolute atomic E-state index is 3.44. The third-order valence-corrected chi connectivity index (χ3v) is 5.36. The molecule has 3 rings (SSSR count). The summed E-state index contributed by atoms with van der Waals surface area (Å²) in [6.45, 7) is 7.05. The molecular weight excluding hydrogens is 256 g/mol. The first-order valence-corrected chi connectivity index (χ1v) is 8.86. The molecule has 21 heavy (non-hydrogen) atoms. The van der Waals surface area contributed by atoms with E-state index in [0.29, 0.717) is 6.04 Å². The van der Waals surface area contributed by atoms with Crippen LogP contribution in [0.3, 0.4) is 0 Å². The van der Waals surface area contributed by atoms with E-state index >= 15 is 0 Å². The van der Waals surface area contributed by atoms with Gasteiger partial charge in [0.25, 0.3) is 0 Å². The van der Waals surface area contributed by atoms with E-state index in [4.69, 9.17) is 0 Å². The van der Waals surface area contributed by atoms with Crippen molar-refractivity contribution >= 4 is 0 Å². The molecule has 116 valence electrons. The molecule has 1 saturated heterocycles. The molecule has 1 N–H and O–H groups in total. The molecule has 1 unspecified atom stereocenters. The minimum absolute atomic E-state index is 0.660. The summed E-state index contributed by atoms with van der Waals surface area (Å²) in [5, 5.41) is 3.44. The molecule has 1 aromatic carbocycles. The molecule has 1 heterocycles. The van der Waals surface area contributed by atoms with Gasteiger partial charge >= 0.3 is 0 Å². The van der Waals surface area contributed by atoms with Gasteiger partial charge in [-0.3, -0.25) is 4.90 Å². The Morgan fingerprint density at radius 1 is 1.05 bits per heavy atom. The Bertz CT molecular complexity index is 414. The molecule has 0 bridgehead atoms. The topological polar surface area (TPSA) is 15.3 Å². The summed E-state index contributed by atoms with van der Waals surface area (Å²) in [5.41, 5.74) is 3.08. The lowest BCUT2D eigenvalue weighted by Crippen LogP contribution is -2.48. The van der Waals surface area contributed by atoms with Crippen molar-refractivity contribution < 1.29 is 0 Å². The van der Waals surface area contributed by atoms with Gasteiger partial charge in [-0.2, -0.15) is 0 Å². The maximum atomic E-state index is 3.44. The van der Waals surface area contributed by atoms with Gasteiger partial charge in [0.1, 0.15) is 0 Å². The van der Waals surface area contributed by atoms with E-state index in [2.05, 4.69) is 41.4 Å². The van der Waals surface area contributed by atoms with Crippen molar-refractivity contribution in [1.29, 1.82) is 0 Å². The number of rotatable bonds is 4. The van der Waals surface area contributed by atoms with Crippen molar-refractivity contribution in [1.82, 2.24) is 10.2 Å². The quantitative estimate of drug-likeness (QED) is 0.910. The summed E-state index contributed by atoms with van der Waals surface area (Å²) >= 11 is 0. The maximum Gasteiger partial charge on any atom is 0.0110 e. The van der Waals surface area contributed by atoms with Crippen LogP contribution in [0.15, 0.2) is 24.3 Å². The molecule has 2 heteroatoms. The molecule has 2 nitrogen and oxygen atoms in total. The zero-order valence-electron chi connectivity index (χ0n) is 13.5. The predicted octanol–water partition coefficient (Wildman–Crippen LogP) is 3.57. The zero-order chi connectivity index (χ0) is 14.5. The van der Waals surface area contributed by atoms with Gasteiger partial charge in [0.15, 0.2) is 0 Å². The van der Waals surface area contributed by atoms with Gasteiger partial charge < -0.3 is 5.32 Å². The third kappa shape index (κ3) is 4.08. The van der Waals surface area contributed by atoms with Crippen LogP contribution in [0, 0.1) is 0 Å². The number of nitrogens with one attached hydrogen (secondary N) is 1. The predicted molar refractivity (Wildman–Crippen MR) is 89.9 cm³/mol. The average Bonchev–Trinajstić information content (AvgIpc) is 2.57. The second kappa shape index (κ2) is 7.42. The number of benzene rings is 1. The summed E-state index contributed by atoms with van der Waals surface area (Å²) in [6.07, 6.45) is 8.27. The summed E-state index contributed by atoms with van der Waals surface area (Å²) < 4.78 is 0. The van der Waals surface area contributed by atoms with Crippen LogP contribution >= 0.6 is 0 Å². The van der Waals surface area contributed by atoms with Crippen molar-refractivity contribution in [3.8, 4) is 0 Å². The van der Waals surface area contributed by atoms with Gasteiger partial charge in [0.05, 0.1) is 0 Å². The Balaban J connectivity index is 1.56. The highest BCUT2D eigenvalue weighted by Gasteiger charge is 2.18. The van der Waals surface area contributed by atoms with Gasteiger partial charge in [0.2, 0.25) is 0 Å². The molecule has 0 amide bonds. The summed E-state index contributed by atoms with van der Waals surface area (Å²) in [6, 6.07) is 10.2. The third-order valence-electron chi connectivity index (χ3n) is 5.36. The molecule has 1 saturated carbocycles. The van der Waals surface area contributed by atoms with Gasteiger partial charge in [-0.25, -0.2) is 0 Å². The Labute approximate surface area is 129 Å². The van der Waals surface area contributed by atoms with Crippen LogP contribution in [0.5, 0.6) is 0 Å². The minimum atomic E-state index is 0.660. The van der Waals surface area contributed by atoms with Crippen LogP contribution < -0.4 is 5.32 Å². The van der Waals surface area contributed by atoms with Crippen molar-refractivity contribution in [2.75, 3.05) is 26.2 Å². The van der Waals surface area contributed by atoms with Crippen LogP contribution in [0.25, 0.3) is 0 Å². The minimum Gasteiger partial charge on any atom is -0.314 e. The van der Waals surface area contributed by atoms with E-state index in [1.807, 2.05) is 0 Å². The molecule has 0 aromatic heterocycles. The fourth-order valence-electron chi connectivity index (χ4n) is 3.95. The SMILES string of the molecule is CC(Cc1ccc(C2CCCCC2)cc1)N1CCNCC1. The molecule has 2 fully saturated rings. The van der Waals surface area contributed by atoms with Gasteiger partial charge in [-0.1, -0.05) is 43.5 Å². The van der Waals surface area contributed by atoms with Crippen molar-refractivity contribution in [3.63, 3.8) is 0 Å². The fraction of sp³-hybridized carbons (Fsp3) is 0.684. The highest BCUT2D eigenvalue weighted by molar-refractivity contribution is 5.26. The highest BCUT2D eigenvalue weighted by Crippen LogP contribution is 2.32. The fourth-order valence-corrected chi connectivity index (χ4v) is 3.95. The van der Waals surface area contributed by atoms with E-state index in [9.17, 15) is 0 Å². The van der Waals surface area contributed by atoms with Gasteiger partial charge in [-0.15, -0.1) is 0 Å². The number of hydrogen-bond acceptors (Lipinski definition) is 2. The van der Waals surface area contributed by atoms with Crippen LogP contribution in [-0.4, -0.2) is 37.1 Å². The van der Waals surface area contributed by atoms with Crippen molar-refractivity contribution in [2.24, 2.45) is 0 Å². The van der Waals surface area contributed by atoms with Crippen LogP contribution in [-0.2, 0) is 6.42 Å². The van der Waals surface area contributed by atoms with E-state index in [-0.39, 0.29) is 0 Å². The highest BCUT2D eigenvalue weighted by atomic mass is 15.2. The second-order valence-corrected chi connectivity index (χ2v) is 6.92.